The van der Waals surface area contributed by atoms with Crippen LogP contribution in [0.15, 0.2) is 12.1 Å². The molecule has 4 heteroatoms. The molecule has 1 aromatic carbocycles. The molecule has 70 valence electrons. The number of rotatable bonds is 2. The largest absolute Gasteiger partial charge is 0.298 e. The maximum atomic E-state index is 11.2. The molecule has 0 saturated carbocycles. The normalized spacial score (nSPS) is 9.21. The second-order valence-electron chi connectivity index (χ2n) is 2.71. The molecule has 1 rings (SSSR count). The molecule has 0 N–H and O–H groups in total. The Balaban J connectivity index is 3.53. The second-order valence-corrected chi connectivity index (χ2v) is 3.87. The molecule has 0 amide bonds. The van der Waals surface area contributed by atoms with Gasteiger partial charge in [-0.15, -0.1) is 0 Å². The molecule has 0 aromatic heterocycles. The van der Waals surface area contributed by atoms with Crippen LogP contribution in [0.3, 0.4) is 0 Å². The number of benzene rings is 1. The molecule has 0 atom stereocenters. The van der Waals surface area contributed by atoms with Crippen molar-refractivity contribution >= 4 is 34.7 Å². The fourth-order valence-electron chi connectivity index (χ4n) is 1.09. The molecular formula is C10H6INO2. The molecule has 0 bridgehead atoms. The number of nitrogens with zero attached hydrogens (tertiary/aromatic N) is 1. The highest BCUT2D eigenvalue weighted by Gasteiger charge is 2.11. The Kier molecular flexibility index (Phi) is 3.36. The van der Waals surface area contributed by atoms with Crippen molar-refractivity contribution in [2.45, 2.75) is 6.92 Å². The van der Waals surface area contributed by atoms with Crippen LogP contribution in [0.5, 0.6) is 0 Å². The lowest BCUT2D eigenvalue weighted by Crippen LogP contribution is -2.01. The fraction of sp³-hybridized carbons (Fsp3) is 0.100. The first-order chi connectivity index (χ1) is 6.60. The lowest BCUT2D eigenvalue weighted by molar-refractivity contribution is 0.101. The van der Waals surface area contributed by atoms with Crippen LogP contribution in [0.4, 0.5) is 0 Å². The van der Waals surface area contributed by atoms with Crippen molar-refractivity contribution in [2.75, 3.05) is 0 Å². The lowest BCUT2D eigenvalue weighted by Gasteiger charge is -2.02. The second kappa shape index (κ2) is 4.33. The number of nitriles is 1. The zero-order chi connectivity index (χ0) is 10.7. The van der Waals surface area contributed by atoms with Gasteiger partial charge in [0.25, 0.3) is 0 Å². The molecule has 0 radical (unpaired) electrons. The third kappa shape index (κ3) is 1.99. The minimum absolute atomic E-state index is 0.205. The first kappa shape index (κ1) is 10.9. The number of carbonyl (C=O) groups excluding carboxylic acids is 2. The molecule has 1 aromatic rings. The van der Waals surface area contributed by atoms with Gasteiger partial charge in [0.05, 0.1) is 5.56 Å². The Morgan fingerprint density at radius 2 is 2.21 bits per heavy atom. The number of ketones is 1. The maximum absolute atomic E-state index is 11.2. The molecule has 0 saturated heterocycles. The number of hydrogen-bond donors (Lipinski definition) is 0. The summed E-state index contributed by atoms with van der Waals surface area (Å²) in [5.74, 6) is -0.205. The minimum Gasteiger partial charge on any atom is -0.298 e. The molecule has 0 aliphatic rings. The zero-order valence-corrected chi connectivity index (χ0v) is 9.53. The summed E-state index contributed by atoms with van der Waals surface area (Å²) in [6, 6.07) is 4.97. The number of Topliss-reactive ketones (excluding diaryl/α,β-unsaturated/α-hetero) is 1. The van der Waals surface area contributed by atoms with Gasteiger partial charge >= 0.3 is 0 Å². The first-order valence-electron chi connectivity index (χ1n) is 3.80. The number of hydrogen-bond acceptors (Lipinski definition) is 3. The molecule has 0 heterocycles. The Morgan fingerprint density at radius 1 is 1.57 bits per heavy atom. The maximum Gasteiger partial charge on any atom is 0.161 e. The van der Waals surface area contributed by atoms with Crippen LogP contribution in [0.1, 0.15) is 33.2 Å². The molecule has 0 unspecified atom stereocenters. The van der Waals surface area contributed by atoms with E-state index in [0.29, 0.717) is 26.5 Å². The van der Waals surface area contributed by atoms with Gasteiger partial charge in [0, 0.05) is 14.7 Å². The summed E-state index contributed by atoms with van der Waals surface area (Å²) in [5, 5.41) is 8.82. The summed E-state index contributed by atoms with van der Waals surface area (Å²) in [6.45, 7) is 1.38. The van der Waals surface area contributed by atoms with E-state index in [9.17, 15) is 9.59 Å². The summed E-state index contributed by atoms with van der Waals surface area (Å²) in [6.07, 6.45) is 0.662. The minimum atomic E-state index is -0.205. The van der Waals surface area contributed by atoms with Crippen LogP contribution < -0.4 is 0 Å². The molecular weight excluding hydrogens is 293 g/mol. The molecule has 14 heavy (non-hydrogen) atoms. The monoisotopic (exact) mass is 299 g/mol. The number of halogens is 1. The fourth-order valence-corrected chi connectivity index (χ4v) is 1.86. The van der Waals surface area contributed by atoms with E-state index in [4.69, 9.17) is 5.26 Å². The van der Waals surface area contributed by atoms with Gasteiger partial charge in [-0.05, 0) is 41.6 Å². The predicted octanol–water partition coefficient (Wildman–Crippen LogP) is 2.18. The van der Waals surface area contributed by atoms with Gasteiger partial charge in [-0.2, -0.15) is 5.26 Å². The topological polar surface area (TPSA) is 57.9 Å². The van der Waals surface area contributed by atoms with E-state index in [-0.39, 0.29) is 5.78 Å². The van der Waals surface area contributed by atoms with Gasteiger partial charge in [-0.3, -0.25) is 9.59 Å². The van der Waals surface area contributed by atoms with Gasteiger partial charge < -0.3 is 0 Å². The first-order valence-corrected chi connectivity index (χ1v) is 4.87. The summed E-state index contributed by atoms with van der Waals surface area (Å²) < 4.78 is 0.625. The van der Waals surface area contributed by atoms with Gasteiger partial charge in [-0.25, -0.2) is 0 Å². The SMILES string of the molecule is CC(=O)c1cc(C=O)cc(I)c1C#N. The summed E-state index contributed by atoms with van der Waals surface area (Å²) in [4.78, 5) is 21.7. The summed E-state index contributed by atoms with van der Waals surface area (Å²) >= 11 is 1.93. The molecule has 3 nitrogen and oxygen atoms in total. The highest BCUT2D eigenvalue weighted by molar-refractivity contribution is 14.1. The third-order valence-corrected chi connectivity index (χ3v) is 2.59. The standard InChI is InChI=1S/C10H6INO2/c1-6(14)8-2-7(5-13)3-10(11)9(8)4-12/h2-3,5H,1H3. The Morgan fingerprint density at radius 3 is 2.64 bits per heavy atom. The van der Waals surface area contributed by atoms with Crippen molar-refractivity contribution in [3.05, 3.63) is 32.4 Å². The molecule has 0 aliphatic heterocycles. The van der Waals surface area contributed by atoms with Gasteiger partial charge in [0.15, 0.2) is 5.78 Å². The molecule has 0 fully saturated rings. The smallest absolute Gasteiger partial charge is 0.161 e. The Hall–Kier alpha value is -1.22. The average Bonchev–Trinajstić information content (AvgIpc) is 2.16. The van der Waals surface area contributed by atoms with E-state index in [0.717, 1.165) is 0 Å². The van der Waals surface area contributed by atoms with Gasteiger partial charge in [0.2, 0.25) is 0 Å². The van der Waals surface area contributed by atoms with Crippen LogP contribution in [0.25, 0.3) is 0 Å². The van der Waals surface area contributed by atoms with Crippen molar-refractivity contribution in [1.82, 2.24) is 0 Å². The van der Waals surface area contributed by atoms with Crippen LogP contribution in [0.2, 0.25) is 0 Å². The van der Waals surface area contributed by atoms with Crippen molar-refractivity contribution in [3.63, 3.8) is 0 Å². The van der Waals surface area contributed by atoms with Crippen LogP contribution in [-0.4, -0.2) is 12.1 Å². The van der Waals surface area contributed by atoms with E-state index in [1.807, 2.05) is 28.7 Å². The van der Waals surface area contributed by atoms with E-state index in [1.54, 1.807) is 6.07 Å². The molecule has 0 spiro atoms. The summed E-state index contributed by atoms with van der Waals surface area (Å²) in [5.41, 5.74) is 1.06. The van der Waals surface area contributed by atoms with E-state index in [2.05, 4.69) is 0 Å². The van der Waals surface area contributed by atoms with Crippen LogP contribution in [0, 0.1) is 14.9 Å². The average molecular weight is 299 g/mol. The highest BCUT2D eigenvalue weighted by Crippen LogP contribution is 2.18. The van der Waals surface area contributed by atoms with Crippen molar-refractivity contribution in [2.24, 2.45) is 0 Å². The number of carbonyl (C=O) groups is 2. The molecule has 0 aliphatic carbocycles. The van der Waals surface area contributed by atoms with Crippen molar-refractivity contribution < 1.29 is 9.59 Å². The Labute approximate surface area is 94.9 Å². The quantitative estimate of drug-likeness (QED) is 0.478. The Bertz CT molecular complexity index is 446. The van der Waals surface area contributed by atoms with Gasteiger partial charge in [0.1, 0.15) is 12.4 Å². The highest BCUT2D eigenvalue weighted by atomic mass is 127. The van der Waals surface area contributed by atoms with E-state index < -0.39 is 0 Å². The van der Waals surface area contributed by atoms with Crippen molar-refractivity contribution in [1.29, 1.82) is 5.26 Å². The van der Waals surface area contributed by atoms with E-state index >= 15 is 0 Å². The zero-order valence-electron chi connectivity index (χ0n) is 7.37. The predicted molar refractivity (Wildman–Crippen MR) is 59.3 cm³/mol. The summed E-state index contributed by atoms with van der Waals surface area (Å²) in [7, 11) is 0. The number of aldehydes is 1. The van der Waals surface area contributed by atoms with Crippen molar-refractivity contribution in [3.8, 4) is 6.07 Å². The van der Waals surface area contributed by atoms with E-state index in [1.165, 1.54) is 13.0 Å². The van der Waals surface area contributed by atoms with Crippen LogP contribution in [-0.2, 0) is 0 Å². The lowest BCUT2D eigenvalue weighted by atomic mass is 10.0. The van der Waals surface area contributed by atoms with Gasteiger partial charge in [-0.1, -0.05) is 0 Å². The third-order valence-electron chi connectivity index (χ3n) is 1.74. The van der Waals surface area contributed by atoms with Crippen LogP contribution >= 0.6 is 22.6 Å².